The number of piperazine rings is 1. The lowest BCUT2D eigenvalue weighted by atomic mass is 10.0. The molecule has 0 spiro atoms. The van der Waals surface area contributed by atoms with Gasteiger partial charge in [0.25, 0.3) is 0 Å². The molecule has 0 saturated carbocycles. The zero-order valence-electron chi connectivity index (χ0n) is 15.4. The zero-order valence-corrected chi connectivity index (χ0v) is 15.4. The minimum atomic E-state index is 0.174. The van der Waals surface area contributed by atoms with E-state index in [-0.39, 0.29) is 5.91 Å². The van der Waals surface area contributed by atoms with Crippen LogP contribution in [0, 0.1) is 0 Å². The second-order valence-corrected chi connectivity index (χ2v) is 6.98. The molecule has 1 aliphatic rings. The highest BCUT2D eigenvalue weighted by atomic mass is 16.2. The van der Waals surface area contributed by atoms with E-state index >= 15 is 0 Å². The molecule has 0 unspecified atom stereocenters. The molecule has 0 bridgehead atoms. The van der Waals surface area contributed by atoms with E-state index in [9.17, 15) is 4.79 Å². The Labute approximate surface area is 150 Å². The smallest absolute Gasteiger partial charge is 0.219 e. The lowest BCUT2D eigenvalue weighted by molar-refractivity contribution is -0.129. The van der Waals surface area contributed by atoms with Crippen LogP contribution in [-0.4, -0.2) is 56.0 Å². The fourth-order valence-electron chi connectivity index (χ4n) is 3.36. The highest BCUT2D eigenvalue weighted by Gasteiger charge is 2.18. The van der Waals surface area contributed by atoms with E-state index in [4.69, 9.17) is 0 Å². The molecule has 1 heterocycles. The quantitative estimate of drug-likeness (QED) is 0.858. The van der Waals surface area contributed by atoms with Crippen molar-refractivity contribution in [3.05, 3.63) is 54.1 Å². The molecule has 0 aromatic heterocycles. The molecular formula is C21H27N3O. The highest BCUT2D eigenvalue weighted by molar-refractivity contribution is 5.73. The fourth-order valence-corrected chi connectivity index (χ4v) is 3.36. The van der Waals surface area contributed by atoms with E-state index in [1.807, 2.05) is 4.90 Å². The molecule has 0 atom stereocenters. The molecule has 2 aromatic rings. The van der Waals surface area contributed by atoms with Crippen molar-refractivity contribution in [1.29, 1.82) is 0 Å². The third-order valence-electron chi connectivity index (χ3n) is 4.72. The molecule has 1 fully saturated rings. The number of amides is 1. The molecule has 1 saturated heterocycles. The molecule has 3 rings (SSSR count). The van der Waals surface area contributed by atoms with Gasteiger partial charge in [0.2, 0.25) is 5.91 Å². The summed E-state index contributed by atoms with van der Waals surface area (Å²) in [5.74, 6) is 0.174. The maximum absolute atomic E-state index is 11.4. The van der Waals surface area contributed by atoms with Crippen molar-refractivity contribution < 1.29 is 4.79 Å². The van der Waals surface area contributed by atoms with Gasteiger partial charge < -0.3 is 14.7 Å². The van der Waals surface area contributed by atoms with Gasteiger partial charge >= 0.3 is 0 Å². The lowest BCUT2D eigenvalue weighted by Gasteiger charge is -2.35. The van der Waals surface area contributed by atoms with E-state index < -0.39 is 0 Å². The van der Waals surface area contributed by atoms with Crippen molar-refractivity contribution in [2.24, 2.45) is 0 Å². The van der Waals surface area contributed by atoms with Crippen molar-refractivity contribution in [3.63, 3.8) is 0 Å². The SMILES string of the molecule is CC(=O)N1CCN(c2ccc(-c3cccc(CN(C)C)c3)cc2)CC1. The van der Waals surface area contributed by atoms with Crippen LogP contribution in [0.15, 0.2) is 48.5 Å². The third kappa shape index (κ3) is 4.40. The first-order valence-corrected chi connectivity index (χ1v) is 8.87. The molecule has 1 amide bonds. The Bertz CT molecular complexity index is 716. The van der Waals surface area contributed by atoms with E-state index in [0.29, 0.717) is 0 Å². The van der Waals surface area contributed by atoms with Crippen LogP contribution in [0.5, 0.6) is 0 Å². The van der Waals surface area contributed by atoms with Crippen LogP contribution in [0.3, 0.4) is 0 Å². The lowest BCUT2D eigenvalue weighted by Crippen LogP contribution is -2.48. The number of carbonyl (C=O) groups is 1. The van der Waals surface area contributed by atoms with Crippen LogP contribution in [0.4, 0.5) is 5.69 Å². The van der Waals surface area contributed by atoms with Crippen molar-refractivity contribution in [3.8, 4) is 11.1 Å². The van der Waals surface area contributed by atoms with Crippen LogP contribution in [0.2, 0.25) is 0 Å². The number of hydrogen-bond acceptors (Lipinski definition) is 3. The van der Waals surface area contributed by atoms with E-state index in [1.54, 1.807) is 6.92 Å². The molecule has 132 valence electrons. The number of hydrogen-bond donors (Lipinski definition) is 0. The average molecular weight is 337 g/mol. The van der Waals surface area contributed by atoms with Crippen molar-refractivity contribution in [2.75, 3.05) is 45.2 Å². The minimum Gasteiger partial charge on any atom is -0.368 e. The molecule has 0 aliphatic carbocycles. The summed E-state index contributed by atoms with van der Waals surface area (Å²) in [6.07, 6.45) is 0. The highest BCUT2D eigenvalue weighted by Crippen LogP contribution is 2.25. The fraction of sp³-hybridized carbons (Fsp3) is 0.381. The van der Waals surface area contributed by atoms with Crippen molar-refractivity contribution in [2.45, 2.75) is 13.5 Å². The first kappa shape index (κ1) is 17.5. The molecule has 4 nitrogen and oxygen atoms in total. The number of carbonyl (C=O) groups excluding carboxylic acids is 1. The Morgan fingerprint density at radius 1 is 0.960 bits per heavy atom. The second-order valence-electron chi connectivity index (χ2n) is 6.98. The van der Waals surface area contributed by atoms with Crippen LogP contribution < -0.4 is 4.90 Å². The summed E-state index contributed by atoms with van der Waals surface area (Å²) in [5.41, 5.74) is 5.06. The van der Waals surface area contributed by atoms with E-state index in [1.165, 1.54) is 22.4 Å². The van der Waals surface area contributed by atoms with Gasteiger partial charge in [0.05, 0.1) is 0 Å². The summed E-state index contributed by atoms with van der Waals surface area (Å²) in [7, 11) is 4.18. The first-order chi connectivity index (χ1) is 12.0. The molecule has 1 aliphatic heterocycles. The standard InChI is InChI=1S/C21H27N3O/c1-17(25)23-11-13-24(14-12-23)21-9-7-19(8-10-21)20-6-4-5-18(15-20)16-22(2)3/h4-10,15H,11-14,16H2,1-3H3. The van der Waals surface area contributed by atoms with Crippen LogP contribution in [0.1, 0.15) is 12.5 Å². The Balaban J connectivity index is 1.69. The average Bonchev–Trinajstić information content (AvgIpc) is 2.62. The number of benzene rings is 2. The molecule has 25 heavy (non-hydrogen) atoms. The van der Waals surface area contributed by atoms with Crippen LogP contribution in [-0.2, 0) is 11.3 Å². The normalized spacial score (nSPS) is 14.9. The summed E-state index contributed by atoms with van der Waals surface area (Å²) in [5, 5.41) is 0. The van der Waals surface area contributed by atoms with Crippen LogP contribution >= 0.6 is 0 Å². The summed E-state index contributed by atoms with van der Waals surface area (Å²) in [6, 6.07) is 17.5. The molecular weight excluding hydrogens is 310 g/mol. The van der Waals surface area contributed by atoms with Crippen molar-refractivity contribution >= 4 is 11.6 Å². The molecule has 0 radical (unpaired) electrons. The van der Waals surface area contributed by atoms with E-state index in [2.05, 4.69) is 72.4 Å². The van der Waals surface area contributed by atoms with Crippen LogP contribution in [0.25, 0.3) is 11.1 Å². The third-order valence-corrected chi connectivity index (χ3v) is 4.72. The maximum atomic E-state index is 11.4. The predicted molar refractivity (Wildman–Crippen MR) is 104 cm³/mol. The van der Waals surface area contributed by atoms with E-state index in [0.717, 1.165) is 32.7 Å². The Morgan fingerprint density at radius 3 is 2.24 bits per heavy atom. The van der Waals surface area contributed by atoms with Gasteiger partial charge in [-0.3, -0.25) is 4.79 Å². The summed E-state index contributed by atoms with van der Waals surface area (Å²) in [4.78, 5) is 17.9. The Kier molecular flexibility index (Phi) is 5.39. The van der Waals surface area contributed by atoms with Crippen molar-refractivity contribution in [1.82, 2.24) is 9.80 Å². The van der Waals surface area contributed by atoms with Gasteiger partial charge in [-0.1, -0.05) is 30.3 Å². The minimum absolute atomic E-state index is 0.174. The van der Waals surface area contributed by atoms with Gasteiger partial charge in [-0.05, 0) is 49.0 Å². The van der Waals surface area contributed by atoms with Gasteiger partial charge in [-0.15, -0.1) is 0 Å². The number of nitrogens with zero attached hydrogens (tertiary/aromatic N) is 3. The van der Waals surface area contributed by atoms with Gasteiger partial charge in [0.1, 0.15) is 0 Å². The van der Waals surface area contributed by atoms with Gasteiger partial charge in [0, 0.05) is 45.3 Å². The topological polar surface area (TPSA) is 26.8 Å². The summed E-state index contributed by atoms with van der Waals surface area (Å²) in [6.45, 7) is 6.02. The summed E-state index contributed by atoms with van der Waals surface area (Å²) < 4.78 is 0. The van der Waals surface area contributed by atoms with Gasteiger partial charge in [0.15, 0.2) is 0 Å². The van der Waals surface area contributed by atoms with Gasteiger partial charge in [-0.25, -0.2) is 0 Å². The number of rotatable bonds is 4. The molecule has 0 N–H and O–H groups in total. The predicted octanol–water partition coefficient (Wildman–Crippen LogP) is 3.08. The maximum Gasteiger partial charge on any atom is 0.219 e. The molecule has 4 heteroatoms. The number of anilines is 1. The Hall–Kier alpha value is -2.33. The molecule has 2 aromatic carbocycles. The second kappa shape index (κ2) is 7.70. The first-order valence-electron chi connectivity index (χ1n) is 8.87. The van der Waals surface area contributed by atoms with Gasteiger partial charge in [-0.2, -0.15) is 0 Å². The monoisotopic (exact) mass is 337 g/mol. The zero-order chi connectivity index (χ0) is 17.8. The Morgan fingerprint density at radius 2 is 1.64 bits per heavy atom. The summed E-state index contributed by atoms with van der Waals surface area (Å²) >= 11 is 0. The largest absolute Gasteiger partial charge is 0.368 e.